The van der Waals surface area contributed by atoms with Crippen LogP contribution in [0.25, 0.3) is 0 Å². The number of nitrogens with zero attached hydrogens (tertiary/aromatic N) is 1. The number of piperidine rings is 1. The zero-order valence-electron chi connectivity index (χ0n) is 17.5. The smallest absolute Gasteiger partial charge is 0.252 e. The van der Waals surface area contributed by atoms with Crippen LogP contribution in [0.1, 0.15) is 36.0 Å². The maximum Gasteiger partial charge on any atom is 0.252 e. The number of aryl methyl sites for hydroxylation is 1. The highest BCUT2D eigenvalue weighted by Gasteiger charge is 2.20. The number of para-hydroxylation sites is 1. The van der Waals surface area contributed by atoms with Gasteiger partial charge in [0.2, 0.25) is 0 Å². The molecule has 156 valence electrons. The fraction of sp³-hybridized carbons (Fsp3) is 0.346. The molecule has 0 bridgehead atoms. The van der Waals surface area contributed by atoms with E-state index in [0.717, 1.165) is 44.1 Å². The van der Waals surface area contributed by atoms with Gasteiger partial charge in [0.1, 0.15) is 0 Å². The third kappa shape index (κ3) is 5.61. The molecular weight excluding hydrogens is 370 g/mol. The topological polar surface area (TPSA) is 48.1 Å². The van der Waals surface area contributed by atoms with Gasteiger partial charge in [0.05, 0.1) is 0 Å². The lowest BCUT2D eigenvalue weighted by Crippen LogP contribution is -2.35. The summed E-state index contributed by atoms with van der Waals surface area (Å²) in [5.74, 6) is 0.762. The van der Waals surface area contributed by atoms with E-state index < -0.39 is 0 Å². The Labute approximate surface area is 179 Å². The predicted molar refractivity (Wildman–Crippen MR) is 124 cm³/mol. The third-order valence-electron chi connectivity index (χ3n) is 6.17. The van der Waals surface area contributed by atoms with E-state index in [0.29, 0.717) is 0 Å². The first-order valence-electron chi connectivity index (χ1n) is 11.0. The minimum atomic E-state index is 0.0410. The fourth-order valence-corrected chi connectivity index (χ4v) is 4.32. The largest absolute Gasteiger partial charge is 0.381 e. The second kappa shape index (κ2) is 10.3. The van der Waals surface area contributed by atoms with Crippen molar-refractivity contribution in [3.8, 4) is 0 Å². The third-order valence-corrected chi connectivity index (χ3v) is 6.17. The highest BCUT2D eigenvalue weighted by atomic mass is 16.1. The van der Waals surface area contributed by atoms with E-state index in [1.807, 2.05) is 12.1 Å². The summed E-state index contributed by atoms with van der Waals surface area (Å²) in [6.07, 6.45) is 6.46. The van der Waals surface area contributed by atoms with Crippen LogP contribution in [0.2, 0.25) is 0 Å². The summed E-state index contributed by atoms with van der Waals surface area (Å²) in [7, 11) is 0. The molecule has 1 aromatic heterocycles. The lowest BCUT2D eigenvalue weighted by atomic mass is 9.90. The minimum Gasteiger partial charge on any atom is -0.381 e. The molecule has 0 atom stereocenters. The van der Waals surface area contributed by atoms with Crippen molar-refractivity contribution < 1.29 is 0 Å². The van der Waals surface area contributed by atoms with E-state index in [1.165, 1.54) is 36.1 Å². The molecule has 0 spiro atoms. The number of pyridine rings is 1. The maximum absolute atomic E-state index is 11.9. The Kier molecular flexibility index (Phi) is 6.99. The number of anilines is 1. The van der Waals surface area contributed by atoms with Crippen molar-refractivity contribution in [2.75, 3.05) is 18.4 Å². The van der Waals surface area contributed by atoms with E-state index in [1.54, 1.807) is 6.20 Å². The predicted octanol–water partition coefficient (Wildman–Crippen LogP) is 4.83. The molecule has 2 aromatic carbocycles. The number of H-pyrrole nitrogens is 1. The first-order chi connectivity index (χ1) is 14.8. The average molecular weight is 402 g/mol. The van der Waals surface area contributed by atoms with Gasteiger partial charge in [-0.05, 0) is 68.0 Å². The van der Waals surface area contributed by atoms with Crippen LogP contribution in [0, 0.1) is 5.92 Å². The Morgan fingerprint density at radius 3 is 2.43 bits per heavy atom. The van der Waals surface area contributed by atoms with Crippen molar-refractivity contribution >= 4 is 5.69 Å². The van der Waals surface area contributed by atoms with Gasteiger partial charge in [0, 0.05) is 30.5 Å². The van der Waals surface area contributed by atoms with E-state index >= 15 is 0 Å². The number of hydrogen-bond donors (Lipinski definition) is 2. The number of aromatic nitrogens is 1. The molecule has 2 N–H and O–H groups in total. The zero-order valence-corrected chi connectivity index (χ0v) is 17.5. The summed E-state index contributed by atoms with van der Waals surface area (Å²) < 4.78 is 0. The van der Waals surface area contributed by atoms with Crippen LogP contribution in [-0.2, 0) is 19.5 Å². The number of aromatic amines is 1. The van der Waals surface area contributed by atoms with Crippen molar-refractivity contribution in [3.63, 3.8) is 0 Å². The van der Waals surface area contributed by atoms with Gasteiger partial charge in [-0.3, -0.25) is 9.69 Å². The molecular formula is C26H31N3O. The van der Waals surface area contributed by atoms with Gasteiger partial charge in [0.15, 0.2) is 0 Å². The Morgan fingerprint density at radius 1 is 0.900 bits per heavy atom. The van der Waals surface area contributed by atoms with Crippen LogP contribution in [0.3, 0.4) is 0 Å². The number of nitrogens with one attached hydrogen (secondary N) is 2. The average Bonchev–Trinajstić information content (AvgIpc) is 2.80. The van der Waals surface area contributed by atoms with Gasteiger partial charge in [-0.2, -0.15) is 0 Å². The summed E-state index contributed by atoms with van der Waals surface area (Å²) in [5, 5.41) is 3.62. The number of hydrogen-bond acceptors (Lipinski definition) is 3. The lowest BCUT2D eigenvalue weighted by Gasteiger charge is -2.32. The van der Waals surface area contributed by atoms with Crippen LogP contribution in [0.4, 0.5) is 5.69 Å². The summed E-state index contributed by atoms with van der Waals surface area (Å²) in [6.45, 7) is 3.77. The molecule has 0 unspecified atom stereocenters. The van der Waals surface area contributed by atoms with Gasteiger partial charge >= 0.3 is 0 Å². The molecule has 0 amide bonds. The van der Waals surface area contributed by atoms with Crippen molar-refractivity contribution in [3.05, 3.63) is 100.0 Å². The van der Waals surface area contributed by atoms with Crippen LogP contribution in [0.5, 0.6) is 0 Å². The van der Waals surface area contributed by atoms with Crippen molar-refractivity contribution in [1.29, 1.82) is 0 Å². The van der Waals surface area contributed by atoms with Crippen LogP contribution >= 0.6 is 0 Å². The first kappa shape index (κ1) is 20.4. The zero-order chi connectivity index (χ0) is 20.6. The van der Waals surface area contributed by atoms with E-state index in [9.17, 15) is 4.79 Å². The Balaban J connectivity index is 1.26. The van der Waals surface area contributed by atoms with E-state index in [4.69, 9.17) is 0 Å². The molecule has 0 aliphatic carbocycles. The molecule has 0 radical (unpaired) electrons. The Bertz CT molecular complexity index is 975. The second-order valence-corrected chi connectivity index (χ2v) is 8.28. The Morgan fingerprint density at radius 2 is 1.63 bits per heavy atom. The molecule has 0 saturated carbocycles. The number of likely N-dealkylation sites (tertiary alicyclic amines) is 1. The van der Waals surface area contributed by atoms with E-state index in [2.05, 4.69) is 69.8 Å². The van der Waals surface area contributed by atoms with E-state index in [-0.39, 0.29) is 5.56 Å². The minimum absolute atomic E-state index is 0.0410. The van der Waals surface area contributed by atoms with Gasteiger partial charge in [-0.15, -0.1) is 0 Å². The molecule has 4 rings (SSSR count). The molecule has 1 saturated heterocycles. The van der Waals surface area contributed by atoms with Crippen molar-refractivity contribution in [1.82, 2.24) is 9.88 Å². The highest BCUT2D eigenvalue weighted by Crippen LogP contribution is 2.25. The fourth-order valence-electron chi connectivity index (χ4n) is 4.32. The lowest BCUT2D eigenvalue weighted by molar-refractivity contribution is 0.172. The van der Waals surface area contributed by atoms with Gasteiger partial charge < -0.3 is 10.3 Å². The molecule has 30 heavy (non-hydrogen) atoms. The van der Waals surface area contributed by atoms with Crippen molar-refractivity contribution in [2.45, 2.75) is 38.8 Å². The summed E-state index contributed by atoms with van der Waals surface area (Å²) in [5.41, 5.74) is 4.87. The molecule has 1 aliphatic heterocycles. The van der Waals surface area contributed by atoms with Crippen LogP contribution in [-0.4, -0.2) is 23.0 Å². The molecule has 1 aliphatic rings. The maximum atomic E-state index is 11.9. The first-order valence-corrected chi connectivity index (χ1v) is 11.0. The number of rotatable bonds is 8. The molecule has 3 aromatic rings. The van der Waals surface area contributed by atoms with Crippen LogP contribution in [0.15, 0.2) is 77.7 Å². The normalized spacial score (nSPS) is 15.2. The summed E-state index contributed by atoms with van der Waals surface area (Å²) in [4.78, 5) is 17.1. The number of benzene rings is 2. The summed E-state index contributed by atoms with van der Waals surface area (Å²) in [6, 6.07) is 23.1. The van der Waals surface area contributed by atoms with Gasteiger partial charge in [-0.1, -0.05) is 54.6 Å². The highest BCUT2D eigenvalue weighted by molar-refractivity contribution is 5.51. The van der Waals surface area contributed by atoms with Gasteiger partial charge in [-0.25, -0.2) is 0 Å². The second-order valence-electron chi connectivity index (χ2n) is 8.28. The monoisotopic (exact) mass is 401 g/mol. The molecule has 4 heteroatoms. The molecule has 1 fully saturated rings. The Hall–Kier alpha value is -2.85. The van der Waals surface area contributed by atoms with Gasteiger partial charge in [0.25, 0.3) is 5.56 Å². The van der Waals surface area contributed by atoms with Crippen LogP contribution < -0.4 is 10.9 Å². The molecule has 4 nitrogen and oxygen atoms in total. The van der Waals surface area contributed by atoms with Crippen molar-refractivity contribution in [2.24, 2.45) is 5.92 Å². The molecule has 2 heterocycles. The summed E-state index contributed by atoms with van der Waals surface area (Å²) >= 11 is 0. The quantitative estimate of drug-likeness (QED) is 0.568. The SMILES string of the molecule is O=c1[nH]cccc1CN1CCC(CCc2ccccc2NCc2ccccc2)CC1. The standard InChI is InChI=1S/C26H31N3O/c30-26-24(10-6-16-27-26)20-29-17-14-21(15-18-29)12-13-23-9-4-5-11-25(23)28-19-22-7-2-1-3-8-22/h1-11,16,21,28H,12-15,17-20H2,(H,27,30).